The highest BCUT2D eigenvalue weighted by Crippen LogP contribution is 2.28. The van der Waals surface area contributed by atoms with Gasteiger partial charge in [-0.3, -0.25) is 4.79 Å². The fourth-order valence-electron chi connectivity index (χ4n) is 2.79. The van der Waals surface area contributed by atoms with Crippen molar-refractivity contribution in [1.29, 1.82) is 0 Å². The molecule has 3 rings (SSSR count). The Morgan fingerprint density at radius 3 is 2.68 bits per heavy atom. The van der Waals surface area contributed by atoms with Gasteiger partial charge < -0.3 is 19.8 Å². The maximum absolute atomic E-state index is 12.9. The number of hydrogen-bond donors (Lipinski definition) is 1. The third kappa shape index (κ3) is 3.08. The van der Waals surface area contributed by atoms with Crippen LogP contribution in [0.15, 0.2) is 36.4 Å². The number of carbonyl (C=O) groups excluding carboxylic acids is 1. The number of aryl methyl sites for hydroxylation is 2. The molecule has 1 atom stereocenters. The van der Waals surface area contributed by atoms with Crippen LogP contribution in [0.25, 0.3) is 10.9 Å². The summed E-state index contributed by atoms with van der Waals surface area (Å²) in [4.78, 5) is 30.4. The molecular formula is C18H17N3O4. The molecule has 7 heteroatoms. The molecule has 0 amide bonds. The van der Waals surface area contributed by atoms with Crippen molar-refractivity contribution < 1.29 is 14.5 Å². The van der Waals surface area contributed by atoms with Crippen molar-refractivity contribution in [2.45, 2.75) is 26.9 Å². The molecule has 0 aliphatic carbocycles. The third-order valence-electron chi connectivity index (χ3n) is 3.96. The Balaban J connectivity index is 1.94. The standard InChI is InChI=1S/C18H17N3O4/c1-10-8-9-15(18(19-10)21(23)24)25-12(3)17(22)16-11(2)20-14-7-5-4-6-13(14)16/h4-9,12,20H,1-3H3/t12-/m1/s1. The predicted molar refractivity (Wildman–Crippen MR) is 93.1 cm³/mol. The number of ether oxygens (including phenoxy) is 1. The maximum Gasteiger partial charge on any atom is 0.406 e. The first-order chi connectivity index (χ1) is 11.9. The van der Waals surface area contributed by atoms with Gasteiger partial charge in [-0.15, -0.1) is 0 Å². The van der Waals surface area contributed by atoms with Gasteiger partial charge in [-0.05, 0) is 42.0 Å². The number of para-hydroxylation sites is 1. The van der Waals surface area contributed by atoms with Crippen LogP contribution in [0.2, 0.25) is 0 Å². The van der Waals surface area contributed by atoms with Crippen molar-refractivity contribution in [3.8, 4) is 5.75 Å². The van der Waals surface area contributed by atoms with Gasteiger partial charge in [-0.2, -0.15) is 0 Å². The predicted octanol–water partition coefficient (Wildman–Crippen LogP) is 3.74. The number of nitrogens with one attached hydrogen (secondary N) is 1. The van der Waals surface area contributed by atoms with E-state index in [4.69, 9.17) is 4.74 Å². The minimum absolute atomic E-state index is 0.0195. The highest BCUT2D eigenvalue weighted by Gasteiger charge is 2.26. The van der Waals surface area contributed by atoms with E-state index in [1.165, 1.54) is 6.07 Å². The van der Waals surface area contributed by atoms with Gasteiger partial charge >= 0.3 is 5.82 Å². The number of Topliss-reactive ketones (excluding diaryl/α,β-unsaturated/α-hetero) is 1. The van der Waals surface area contributed by atoms with E-state index in [1.807, 2.05) is 31.2 Å². The lowest BCUT2D eigenvalue weighted by molar-refractivity contribution is -0.390. The number of pyridine rings is 1. The molecule has 1 N–H and O–H groups in total. The number of ketones is 1. The normalized spacial score (nSPS) is 12.1. The van der Waals surface area contributed by atoms with Gasteiger partial charge in [0.1, 0.15) is 5.69 Å². The fourth-order valence-corrected chi connectivity index (χ4v) is 2.79. The summed E-state index contributed by atoms with van der Waals surface area (Å²) in [5, 5.41) is 12.0. The van der Waals surface area contributed by atoms with E-state index in [2.05, 4.69) is 9.97 Å². The lowest BCUT2D eigenvalue weighted by atomic mass is 10.0. The van der Waals surface area contributed by atoms with Crippen LogP contribution in [0.1, 0.15) is 28.7 Å². The van der Waals surface area contributed by atoms with E-state index in [1.54, 1.807) is 19.9 Å². The van der Waals surface area contributed by atoms with Crippen LogP contribution in [0.4, 0.5) is 5.82 Å². The Morgan fingerprint density at radius 1 is 1.24 bits per heavy atom. The van der Waals surface area contributed by atoms with Crippen molar-refractivity contribution in [2.24, 2.45) is 0 Å². The van der Waals surface area contributed by atoms with Crippen molar-refractivity contribution in [2.75, 3.05) is 0 Å². The summed E-state index contributed by atoms with van der Waals surface area (Å²) in [5.41, 5.74) is 2.63. The molecule has 2 heterocycles. The topological polar surface area (TPSA) is 98.1 Å². The summed E-state index contributed by atoms with van der Waals surface area (Å²) >= 11 is 0. The van der Waals surface area contributed by atoms with Crippen LogP contribution in [-0.2, 0) is 0 Å². The van der Waals surface area contributed by atoms with Crippen LogP contribution in [0.5, 0.6) is 5.75 Å². The number of fused-ring (bicyclic) bond motifs is 1. The number of aromatic amines is 1. The molecule has 128 valence electrons. The molecule has 0 bridgehead atoms. The van der Waals surface area contributed by atoms with Crippen molar-refractivity contribution in [3.63, 3.8) is 0 Å². The summed E-state index contributed by atoms with van der Waals surface area (Å²) < 4.78 is 5.58. The van der Waals surface area contributed by atoms with Crippen LogP contribution in [0.3, 0.4) is 0 Å². The fraction of sp³-hybridized carbons (Fsp3) is 0.222. The minimum Gasteiger partial charge on any atom is -0.474 e. The second-order valence-electron chi connectivity index (χ2n) is 5.83. The molecule has 0 spiro atoms. The SMILES string of the molecule is Cc1ccc(O[C@H](C)C(=O)c2c(C)[nH]c3ccccc23)c([N+](=O)[O-])n1. The molecule has 0 saturated heterocycles. The molecule has 2 aromatic heterocycles. The highest BCUT2D eigenvalue weighted by atomic mass is 16.6. The van der Waals surface area contributed by atoms with Crippen molar-refractivity contribution >= 4 is 22.5 Å². The first-order valence-corrected chi connectivity index (χ1v) is 7.78. The average Bonchev–Trinajstić information content (AvgIpc) is 2.91. The molecule has 0 fully saturated rings. The zero-order chi connectivity index (χ0) is 18.1. The first-order valence-electron chi connectivity index (χ1n) is 7.78. The molecular weight excluding hydrogens is 322 g/mol. The van der Waals surface area contributed by atoms with Gasteiger partial charge in [0.15, 0.2) is 6.10 Å². The number of aromatic nitrogens is 2. The van der Waals surface area contributed by atoms with Crippen LogP contribution in [0, 0.1) is 24.0 Å². The number of hydrogen-bond acceptors (Lipinski definition) is 5. The van der Waals surface area contributed by atoms with Crippen molar-refractivity contribution in [3.05, 3.63) is 63.5 Å². The maximum atomic E-state index is 12.9. The zero-order valence-corrected chi connectivity index (χ0v) is 14.1. The van der Waals surface area contributed by atoms with Crippen molar-refractivity contribution in [1.82, 2.24) is 9.97 Å². The number of rotatable bonds is 5. The van der Waals surface area contributed by atoms with Crippen LogP contribution in [-0.4, -0.2) is 26.8 Å². The minimum atomic E-state index is -0.888. The average molecular weight is 339 g/mol. The Morgan fingerprint density at radius 2 is 1.96 bits per heavy atom. The molecule has 0 aliphatic rings. The van der Waals surface area contributed by atoms with E-state index in [-0.39, 0.29) is 11.5 Å². The van der Waals surface area contributed by atoms with Gasteiger partial charge in [-0.1, -0.05) is 18.2 Å². The van der Waals surface area contributed by atoms with Gasteiger partial charge in [0.05, 0.1) is 0 Å². The van der Waals surface area contributed by atoms with E-state index in [0.29, 0.717) is 11.3 Å². The molecule has 0 radical (unpaired) electrons. The quantitative estimate of drug-likeness (QED) is 0.434. The molecule has 3 aromatic rings. The van der Waals surface area contributed by atoms with Gasteiger partial charge in [-0.25, -0.2) is 0 Å². The Kier molecular flexibility index (Phi) is 4.22. The third-order valence-corrected chi connectivity index (χ3v) is 3.96. The molecule has 1 aromatic carbocycles. The number of benzene rings is 1. The molecule has 0 unspecified atom stereocenters. The van der Waals surface area contributed by atoms with Gasteiger partial charge in [0.2, 0.25) is 11.5 Å². The molecule has 25 heavy (non-hydrogen) atoms. The van der Waals surface area contributed by atoms with Crippen LogP contribution >= 0.6 is 0 Å². The Bertz CT molecular complexity index is 978. The first kappa shape index (κ1) is 16.6. The van der Waals surface area contributed by atoms with E-state index < -0.39 is 16.8 Å². The molecule has 7 nitrogen and oxygen atoms in total. The zero-order valence-electron chi connectivity index (χ0n) is 14.1. The lowest BCUT2D eigenvalue weighted by Crippen LogP contribution is -2.25. The molecule has 0 aliphatic heterocycles. The summed E-state index contributed by atoms with van der Waals surface area (Å²) in [7, 11) is 0. The monoisotopic (exact) mass is 339 g/mol. The van der Waals surface area contributed by atoms with E-state index in [9.17, 15) is 14.9 Å². The number of carbonyl (C=O) groups is 1. The second-order valence-corrected chi connectivity index (χ2v) is 5.83. The van der Waals surface area contributed by atoms with Gasteiger partial charge in [0.25, 0.3) is 0 Å². The highest BCUT2D eigenvalue weighted by molar-refractivity contribution is 6.11. The van der Waals surface area contributed by atoms with E-state index in [0.717, 1.165) is 16.6 Å². The summed E-state index contributed by atoms with van der Waals surface area (Å²) in [6, 6.07) is 10.6. The molecule has 0 saturated carbocycles. The summed E-state index contributed by atoms with van der Waals surface area (Å²) in [6.45, 7) is 5.05. The Labute approximate surface area is 143 Å². The lowest BCUT2D eigenvalue weighted by Gasteiger charge is -2.13. The number of nitrogens with zero attached hydrogens (tertiary/aromatic N) is 2. The van der Waals surface area contributed by atoms with E-state index >= 15 is 0 Å². The summed E-state index contributed by atoms with van der Waals surface area (Å²) in [5.74, 6) is -0.658. The summed E-state index contributed by atoms with van der Waals surface area (Å²) in [6.07, 6.45) is -0.888. The Hall–Kier alpha value is -3.22. The van der Waals surface area contributed by atoms with Crippen LogP contribution < -0.4 is 4.74 Å². The second kappa shape index (κ2) is 6.35. The largest absolute Gasteiger partial charge is 0.474 e. The smallest absolute Gasteiger partial charge is 0.406 e. The number of nitro groups is 1. The van der Waals surface area contributed by atoms with Gasteiger partial charge in [0, 0.05) is 29.1 Å². The number of H-pyrrole nitrogens is 1.